The summed E-state index contributed by atoms with van der Waals surface area (Å²) in [5.74, 6) is 0.917. The molecule has 0 aliphatic heterocycles. The third kappa shape index (κ3) is 2.38. The van der Waals surface area contributed by atoms with Crippen molar-refractivity contribution in [3.63, 3.8) is 0 Å². The molecule has 0 bridgehead atoms. The molecule has 4 rings (SSSR count). The predicted molar refractivity (Wildman–Crippen MR) is 110 cm³/mol. The number of aryl methyl sites for hydroxylation is 2. The number of nitrogens with zero attached hydrogens (tertiary/aromatic N) is 8. The summed E-state index contributed by atoms with van der Waals surface area (Å²) in [4.78, 5) is 11.4. The lowest BCUT2D eigenvalue weighted by Crippen LogP contribution is -1.91. The number of rotatable bonds is 2. The SMILES string of the molecule is [C-]#[N+]C(C#N)=Nc1cc2sc3c(sc4cc(N=C(C#N)C#N)n(C)c43)c2n1C. The fourth-order valence-electron chi connectivity index (χ4n) is 3.02. The Labute approximate surface area is 166 Å². The molecule has 0 fully saturated rings. The van der Waals surface area contributed by atoms with Crippen molar-refractivity contribution in [1.29, 1.82) is 15.8 Å². The Balaban J connectivity index is 1.97. The fraction of sp³-hybridized carbons (Fsp3) is 0.111. The molecule has 10 heteroatoms. The van der Waals surface area contributed by atoms with Crippen LogP contribution in [0.3, 0.4) is 0 Å². The molecule has 132 valence electrons. The second kappa shape index (κ2) is 6.33. The van der Waals surface area contributed by atoms with Gasteiger partial charge in [-0.1, -0.05) is 11.6 Å². The maximum Gasteiger partial charge on any atom is 0.351 e. The van der Waals surface area contributed by atoms with Gasteiger partial charge in [-0.3, -0.25) is 0 Å². The van der Waals surface area contributed by atoms with E-state index in [4.69, 9.17) is 22.4 Å². The van der Waals surface area contributed by atoms with Gasteiger partial charge in [0.1, 0.15) is 24.0 Å². The van der Waals surface area contributed by atoms with Crippen molar-refractivity contribution in [3.8, 4) is 18.2 Å². The lowest BCUT2D eigenvalue weighted by Gasteiger charge is -1.97. The zero-order valence-electron chi connectivity index (χ0n) is 14.5. The normalized spacial score (nSPS) is 11.3. The first-order chi connectivity index (χ1) is 13.5. The molecule has 0 saturated heterocycles. The van der Waals surface area contributed by atoms with E-state index in [1.807, 2.05) is 35.4 Å². The van der Waals surface area contributed by atoms with E-state index in [2.05, 4.69) is 14.8 Å². The number of aliphatic imine (C=N–C) groups is 2. The van der Waals surface area contributed by atoms with E-state index in [0.29, 0.717) is 11.6 Å². The Hall–Kier alpha value is -3.96. The number of nitriles is 3. The monoisotopic (exact) mass is 400 g/mol. The number of aromatic nitrogens is 2. The van der Waals surface area contributed by atoms with E-state index in [1.165, 1.54) is 0 Å². The molecule has 8 nitrogen and oxygen atoms in total. The van der Waals surface area contributed by atoms with Crippen LogP contribution in [0, 0.1) is 40.6 Å². The van der Waals surface area contributed by atoms with Crippen LogP contribution in [0.15, 0.2) is 22.1 Å². The molecule has 4 aromatic heterocycles. The van der Waals surface area contributed by atoms with Crippen LogP contribution < -0.4 is 0 Å². The summed E-state index contributed by atoms with van der Waals surface area (Å²) in [5.41, 5.74) is 1.82. The Morgan fingerprint density at radius 3 is 1.86 bits per heavy atom. The minimum absolute atomic E-state index is 0.184. The maximum absolute atomic E-state index is 8.94. The molecular weight excluding hydrogens is 392 g/mol. The molecule has 0 N–H and O–H groups in total. The van der Waals surface area contributed by atoms with E-state index in [0.717, 1.165) is 29.8 Å². The lowest BCUT2D eigenvalue weighted by molar-refractivity contribution is 0.968. The highest BCUT2D eigenvalue weighted by Gasteiger charge is 2.21. The third-order valence-electron chi connectivity index (χ3n) is 4.27. The molecule has 0 spiro atoms. The summed E-state index contributed by atoms with van der Waals surface area (Å²) < 4.78 is 7.94. The van der Waals surface area contributed by atoms with Gasteiger partial charge in [0.25, 0.3) is 0 Å². The van der Waals surface area contributed by atoms with Crippen molar-refractivity contribution in [1.82, 2.24) is 9.13 Å². The molecule has 4 aromatic rings. The van der Waals surface area contributed by atoms with Gasteiger partial charge in [0.15, 0.2) is 0 Å². The van der Waals surface area contributed by atoms with Crippen LogP contribution in [-0.4, -0.2) is 20.7 Å². The molecule has 0 amide bonds. The largest absolute Gasteiger partial charge is 0.351 e. The molecule has 0 radical (unpaired) electrons. The zero-order chi connectivity index (χ0) is 20.0. The average Bonchev–Trinajstić information content (AvgIpc) is 3.37. The summed E-state index contributed by atoms with van der Waals surface area (Å²) in [6, 6.07) is 9.07. The topological polar surface area (TPSA) is 110 Å². The smallest absolute Gasteiger partial charge is 0.351 e. The number of hydrogen-bond acceptors (Lipinski definition) is 7. The van der Waals surface area contributed by atoms with Crippen LogP contribution in [0.5, 0.6) is 0 Å². The standard InChI is InChI=1S/C18H8N8S2/c1-22-12(8-21)24-14-5-11-16(26(14)3)18-17(28-11)15-10(27-18)4-13(25(15)2)23-9(6-19)7-20/h4-5H,2-3H3. The number of hydrogen-bond donors (Lipinski definition) is 0. The van der Waals surface area contributed by atoms with Gasteiger partial charge in [-0.25, -0.2) is 10.3 Å². The molecular formula is C18H8N8S2. The molecule has 0 atom stereocenters. The Morgan fingerprint density at radius 1 is 0.929 bits per heavy atom. The van der Waals surface area contributed by atoms with Crippen molar-refractivity contribution >= 4 is 75.7 Å². The predicted octanol–water partition coefficient (Wildman–Crippen LogP) is 4.54. The van der Waals surface area contributed by atoms with Crippen LogP contribution >= 0.6 is 22.7 Å². The summed E-state index contributed by atoms with van der Waals surface area (Å²) in [6.07, 6.45) is 0. The van der Waals surface area contributed by atoms with Gasteiger partial charge in [0, 0.05) is 26.2 Å². The van der Waals surface area contributed by atoms with Gasteiger partial charge in [0.2, 0.25) is 11.5 Å². The molecule has 0 aliphatic rings. The first-order valence-corrected chi connectivity index (χ1v) is 9.41. The van der Waals surface area contributed by atoms with Crippen LogP contribution in [0.4, 0.5) is 11.6 Å². The van der Waals surface area contributed by atoms with Gasteiger partial charge in [-0.2, -0.15) is 10.5 Å². The minimum Gasteiger partial charge on any atom is -0.351 e. The number of fused-ring (bicyclic) bond motifs is 5. The van der Waals surface area contributed by atoms with E-state index in [9.17, 15) is 0 Å². The van der Waals surface area contributed by atoms with Crippen molar-refractivity contribution in [3.05, 3.63) is 23.5 Å². The summed E-state index contributed by atoms with van der Waals surface area (Å²) >= 11 is 3.19. The van der Waals surface area contributed by atoms with Crippen LogP contribution in [-0.2, 0) is 14.1 Å². The maximum atomic E-state index is 8.94. The summed E-state index contributed by atoms with van der Waals surface area (Å²) in [5, 5.41) is 26.8. The Bertz CT molecular complexity index is 1370. The summed E-state index contributed by atoms with van der Waals surface area (Å²) in [6.45, 7) is 6.99. The van der Waals surface area contributed by atoms with E-state index in [1.54, 1.807) is 40.9 Å². The van der Waals surface area contributed by atoms with Gasteiger partial charge < -0.3 is 14.0 Å². The Kier molecular flexibility index (Phi) is 3.95. The van der Waals surface area contributed by atoms with Gasteiger partial charge in [-0.15, -0.1) is 22.7 Å². The van der Waals surface area contributed by atoms with Gasteiger partial charge in [-0.05, 0) is 0 Å². The van der Waals surface area contributed by atoms with Crippen LogP contribution in [0.1, 0.15) is 0 Å². The third-order valence-corrected chi connectivity index (χ3v) is 6.66. The quantitative estimate of drug-likeness (QED) is 0.280. The van der Waals surface area contributed by atoms with Crippen molar-refractivity contribution in [2.24, 2.45) is 24.1 Å². The van der Waals surface area contributed by atoms with Crippen molar-refractivity contribution in [2.75, 3.05) is 0 Å². The molecule has 0 aliphatic carbocycles. The molecule has 0 saturated carbocycles. The lowest BCUT2D eigenvalue weighted by atomic mass is 10.4. The average molecular weight is 400 g/mol. The second-order valence-electron chi connectivity index (χ2n) is 5.75. The second-order valence-corrected chi connectivity index (χ2v) is 7.86. The highest BCUT2D eigenvalue weighted by molar-refractivity contribution is 7.36. The van der Waals surface area contributed by atoms with Crippen molar-refractivity contribution < 1.29 is 0 Å². The van der Waals surface area contributed by atoms with Gasteiger partial charge in [0.05, 0.1) is 29.8 Å². The van der Waals surface area contributed by atoms with Gasteiger partial charge >= 0.3 is 5.84 Å². The molecule has 4 heterocycles. The van der Waals surface area contributed by atoms with Crippen LogP contribution in [0.25, 0.3) is 34.7 Å². The molecule has 28 heavy (non-hydrogen) atoms. The van der Waals surface area contributed by atoms with Crippen molar-refractivity contribution in [2.45, 2.75) is 0 Å². The molecule has 0 unspecified atom stereocenters. The minimum atomic E-state index is -0.200. The van der Waals surface area contributed by atoms with E-state index in [-0.39, 0.29) is 11.5 Å². The first-order valence-electron chi connectivity index (χ1n) is 7.77. The zero-order valence-corrected chi connectivity index (χ0v) is 16.2. The van der Waals surface area contributed by atoms with Crippen LogP contribution in [0.2, 0.25) is 0 Å². The van der Waals surface area contributed by atoms with E-state index < -0.39 is 0 Å². The first kappa shape index (κ1) is 17.5. The Morgan fingerprint density at radius 2 is 1.43 bits per heavy atom. The van der Waals surface area contributed by atoms with E-state index >= 15 is 0 Å². The molecule has 0 aromatic carbocycles. The number of amidine groups is 1. The number of thiophene rings is 2. The summed E-state index contributed by atoms with van der Waals surface area (Å²) in [7, 11) is 3.72. The highest BCUT2D eigenvalue weighted by Crippen LogP contribution is 2.47. The fourth-order valence-corrected chi connectivity index (χ4v) is 5.91. The highest BCUT2D eigenvalue weighted by atomic mass is 32.1.